The van der Waals surface area contributed by atoms with E-state index >= 15 is 0 Å². The van der Waals surface area contributed by atoms with Crippen LogP contribution in [-0.4, -0.2) is 28.5 Å². The highest BCUT2D eigenvalue weighted by Crippen LogP contribution is 2.26. The molecular weight excluding hydrogens is 232 g/mol. The van der Waals surface area contributed by atoms with Crippen LogP contribution in [0.4, 0.5) is 0 Å². The van der Waals surface area contributed by atoms with E-state index in [1.807, 2.05) is 6.92 Å². The zero-order chi connectivity index (χ0) is 14.3. The molecule has 0 aromatic carbocycles. The van der Waals surface area contributed by atoms with E-state index in [2.05, 4.69) is 13.8 Å². The monoisotopic (exact) mass is 258 g/mol. The van der Waals surface area contributed by atoms with Gasteiger partial charge >= 0.3 is 5.97 Å². The number of amides is 1. The second-order valence-electron chi connectivity index (χ2n) is 5.00. The predicted octanol–water partition coefficient (Wildman–Crippen LogP) is 1.87. The van der Waals surface area contributed by atoms with Gasteiger partial charge in [0.25, 0.3) is 0 Å². The van der Waals surface area contributed by atoms with Gasteiger partial charge in [0, 0.05) is 13.0 Å². The maximum Gasteiger partial charge on any atom is 0.303 e. The van der Waals surface area contributed by atoms with Crippen molar-refractivity contribution in [3.05, 3.63) is 0 Å². The number of rotatable bonds is 8. The minimum atomic E-state index is -0.840. The van der Waals surface area contributed by atoms with E-state index in [1.54, 1.807) is 6.92 Å². The van der Waals surface area contributed by atoms with Crippen LogP contribution in [0, 0.1) is 17.8 Å². The average Bonchev–Trinajstić information content (AvgIpc) is 2.34. The quantitative estimate of drug-likeness (QED) is 0.395. The van der Waals surface area contributed by atoms with Gasteiger partial charge in [-0.3, -0.25) is 14.6 Å². The van der Waals surface area contributed by atoms with Crippen molar-refractivity contribution in [1.82, 2.24) is 5.01 Å². The summed E-state index contributed by atoms with van der Waals surface area (Å²) in [6.07, 6.45) is 1.38. The molecule has 5 heteroatoms. The highest BCUT2D eigenvalue weighted by atomic mass is 16.4. The number of carboxylic acid groups (broad SMARTS) is 1. The summed E-state index contributed by atoms with van der Waals surface area (Å²) in [5.41, 5.74) is 0. The van der Waals surface area contributed by atoms with Gasteiger partial charge in [-0.1, -0.05) is 34.1 Å². The van der Waals surface area contributed by atoms with Crippen LogP contribution in [0.1, 0.15) is 47.0 Å². The lowest BCUT2D eigenvalue weighted by atomic mass is 9.80. The third-order valence-electron chi connectivity index (χ3n) is 3.78. The third-order valence-corrected chi connectivity index (χ3v) is 3.78. The summed E-state index contributed by atoms with van der Waals surface area (Å²) in [6.45, 7) is 8.27. The van der Waals surface area contributed by atoms with Crippen molar-refractivity contribution < 1.29 is 14.7 Å². The van der Waals surface area contributed by atoms with Gasteiger partial charge in [-0.25, -0.2) is 5.84 Å². The van der Waals surface area contributed by atoms with Crippen molar-refractivity contribution in [3.8, 4) is 0 Å². The van der Waals surface area contributed by atoms with E-state index in [4.69, 9.17) is 10.9 Å². The molecule has 3 atom stereocenters. The van der Waals surface area contributed by atoms with Crippen molar-refractivity contribution in [3.63, 3.8) is 0 Å². The minimum absolute atomic E-state index is 0.0518. The molecule has 0 saturated carbocycles. The van der Waals surface area contributed by atoms with Gasteiger partial charge < -0.3 is 5.11 Å². The first-order valence-corrected chi connectivity index (χ1v) is 6.60. The first kappa shape index (κ1) is 16.9. The molecule has 106 valence electrons. The molecule has 0 bridgehead atoms. The van der Waals surface area contributed by atoms with Crippen LogP contribution in [0.3, 0.4) is 0 Å². The van der Waals surface area contributed by atoms with Crippen LogP contribution in [-0.2, 0) is 9.59 Å². The summed E-state index contributed by atoms with van der Waals surface area (Å²) < 4.78 is 0. The van der Waals surface area contributed by atoms with Crippen LogP contribution in [0.5, 0.6) is 0 Å². The lowest BCUT2D eigenvalue weighted by molar-refractivity contribution is -0.140. The molecule has 0 fully saturated rings. The Labute approximate surface area is 109 Å². The highest BCUT2D eigenvalue weighted by molar-refractivity contribution is 5.75. The van der Waals surface area contributed by atoms with Crippen LogP contribution in [0.2, 0.25) is 0 Å². The van der Waals surface area contributed by atoms with Crippen LogP contribution < -0.4 is 5.84 Å². The van der Waals surface area contributed by atoms with Crippen molar-refractivity contribution in [2.45, 2.75) is 47.0 Å². The number of carboxylic acids is 1. The summed E-state index contributed by atoms with van der Waals surface area (Å²) in [5, 5.41) is 10.1. The SMILES string of the molecule is CCC(=O)N(N)CC(CC(=O)O)C(C)C(C)CC. The van der Waals surface area contributed by atoms with Gasteiger partial charge in [0.05, 0.1) is 6.42 Å². The fourth-order valence-corrected chi connectivity index (χ4v) is 2.03. The van der Waals surface area contributed by atoms with Gasteiger partial charge in [-0.15, -0.1) is 0 Å². The largest absolute Gasteiger partial charge is 0.481 e. The lowest BCUT2D eigenvalue weighted by Crippen LogP contribution is -2.43. The molecule has 0 heterocycles. The van der Waals surface area contributed by atoms with Crippen LogP contribution in [0.15, 0.2) is 0 Å². The fourth-order valence-electron chi connectivity index (χ4n) is 2.03. The van der Waals surface area contributed by atoms with E-state index in [0.29, 0.717) is 18.9 Å². The normalized spacial score (nSPS) is 15.8. The lowest BCUT2D eigenvalue weighted by Gasteiger charge is -2.30. The third kappa shape index (κ3) is 5.49. The second kappa shape index (κ2) is 8.08. The number of hydrazine groups is 1. The van der Waals surface area contributed by atoms with Gasteiger partial charge in [0.1, 0.15) is 0 Å². The maximum absolute atomic E-state index is 11.4. The number of carbonyl (C=O) groups excluding carboxylic acids is 1. The van der Waals surface area contributed by atoms with Crippen LogP contribution in [0.25, 0.3) is 0 Å². The summed E-state index contributed by atoms with van der Waals surface area (Å²) in [5.74, 6) is 5.22. The van der Waals surface area contributed by atoms with Gasteiger partial charge in [-0.2, -0.15) is 0 Å². The number of carbonyl (C=O) groups is 2. The first-order chi connectivity index (χ1) is 8.33. The molecule has 0 aliphatic carbocycles. The zero-order valence-electron chi connectivity index (χ0n) is 11.8. The second-order valence-corrected chi connectivity index (χ2v) is 5.00. The molecule has 0 aromatic rings. The Kier molecular flexibility index (Phi) is 7.59. The van der Waals surface area contributed by atoms with Crippen LogP contribution >= 0.6 is 0 Å². The van der Waals surface area contributed by atoms with Gasteiger partial charge in [-0.05, 0) is 17.8 Å². The molecule has 0 aliphatic rings. The number of nitrogens with zero attached hydrogens (tertiary/aromatic N) is 1. The molecule has 0 aliphatic heterocycles. The van der Waals surface area contributed by atoms with Crippen molar-refractivity contribution in [2.75, 3.05) is 6.54 Å². The number of nitrogens with two attached hydrogens (primary N) is 1. The molecule has 3 unspecified atom stereocenters. The average molecular weight is 258 g/mol. The smallest absolute Gasteiger partial charge is 0.303 e. The molecular formula is C13H26N2O3. The topological polar surface area (TPSA) is 83.6 Å². The van der Waals surface area contributed by atoms with Crippen molar-refractivity contribution >= 4 is 11.9 Å². The van der Waals surface area contributed by atoms with E-state index in [1.165, 1.54) is 0 Å². The van der Waals surface area contributed by atoms with E-state index in [9.17, 15) is 9.59 Å². The van der Waals surface area contributed by atoms with Crippen molar-refractivity contribution in [1.29, 1.82) is 0 Å². The summed E-state index contributed by atoms with van der Waals surface area (Å²) in [6, 6.07) is 0. The Morgan fingerprint density at radius 2 is 1.83 bits per heavy atom. The van der Waals surface area contributed by atoms with Gasteiger partial charge in [0.15, 0.2) is 0 Å². The Morgan fingerprint density at radius 3 is 2.22 bits per heavy atom. The zero-order valence-corrected chi connectivity index (χ0v) is 11.8. The molecule has 1 amide bonds. The Morgan fingerprint density at radius 1 is 1.28 bits per heavy atom. The molecule has 0 aromatic heterocycles. The fraction of sp³-hybridized carbons (Fsp3) is 0.846. The Balaban J connectivity index is 4.67. The minimum Gasteiger partial charge on any atom is -0.481 e. The highest BCUT2D eigenvalue weighted by Gasteiger charge is 2.26. The van der Waals surface area contributed by atoms with Gasteiger partial charge in [0.2, 0.25) is 5.91 Å². The molecule has 0 radical (unpaired) electrons. The number of aliphatic carboxylic acids is 1. The summed E-state index contributed by atoms with van der Waals surface area (Å²) in [7, 11) is 0. The molecule has 0 spiro atoms. The van der Waals surface area contributed by atoms with E-state index < -0.39 is 5.97 Å². The number of hydrogen-bond donors (Lipinski definition) is 2. The summed E-state index contributed by atoms with van der Waals surface area (Å²) in [4.78, 5) is 22.4. The number of hydrogen-bond acceptors (Lipinski definition) is 3. The van der Waals surface area contributed by atoms with E-state index in [0.717, 1.165) is 11.4 Å². The van der Waals surface area contributed by atoms with E-state index in [-0.39, 0.29) is 24.2 Å². The molecule has 5 nitrogen and oxygen atoms in total. The molecule has 0 saturated heterocycles. The molecule has 18 heavy (non-hydrogen) atoms. The van der Waals surface area contributed by atoms with Crippen molar-refractivity contribution in [2.24, 2.45) is 23.6 Å². The Bertz CT molecular complexity index is 281. The standard InChI is InChI=1S/C13H26N2O3/c1-5-9(3)10(4)11(7-13(17)18)8-15(14)12(16)6-2/h9-11H,5-8,14H2,1-4H3,(H,17,18). The summed E-state index contributed by atoms with van der Waals surface area (Å²) >= 11 is 0. The first-order valence-electron chi connectivity index (χ1n) is 6.60. The Hall–Kier alpha value is -1.10. The maximum atomic E-state index is 11.4. The predicted molar refractivity (Wildman–Crippen MR) is 70.6 cm³/mol. The molecule has 3 N–H and O–H groups in total. The molecule has 0 rings (SSSR count).